The van der Waals surface area contributed by atoms with Gasteiger partial charge in [0.15, 0.2) is 0 Å². The molecular formula is C69H117Nd2O12P3. The van der Waals surface area contributed by atoms with E-state index in [1.807, 2.05) is 0 Å². The maximum atomic E-state index is 11.2. The van der Waals surface area contributed by atoms with Crippen molar-refractivity contribution in [2.75, 3.05) is 0 Å². The normalized spacial score (nSPS) is 12.6. The van der Waals surface area contributed by atoms with Crippen molar-refractivity contribution in [1.82, 2.24) is 0 Å². The van der Waals surface area contributed by atoms with Crippen LogP contribution in [0.5, 0.6) is 17.2 Å². The third-order valence-corrected chi connectivity index (χ3v) is 17.8. The van der Waals surface area contributed by atoms with Crippen LogP contribution in [0.4, 0.5) is 0 Å². The molecule has 0 bridgehead atoms. The van der Waals surface area contributed by atoms with Crippen molar-refractivity contribution in [3.63, 3.8) is 0 Å². The van der Waals surface area contributed by atoms with E-state index in [2.05, 4.69) is 80.5 Å². The zero-order chi connectivity index (χ0) is 62.5. The number of phosphoric ester groups is 3. The average Bonchev–Trinajstić information content (AvgIpc) is 2.95. The molecule has 488 valence electrons. The monoisotopic (exact) mass is 1510 g/mol. The van der Waals surface area contributed by atoms with Crippen LogP contribution < -0.4 is 42.9 Å². The first-order chi connectivity index (χ1) is 40.2. The van der Waals surface area contributed by atoms with Crippen LogP contribution in [-0.2, 0) is 52.2 Å². The van der Waals surface area contributed by atoms with Crippen LogP contribution in [0.2, 0.25) is 0 Å². The van der Waals surface area contributed by atoms with E-state index in [0.29, 0.717) is 17.8 Å². The molecule has 2 radical (unpaired) electrons. The van der Waals surface area contributed by atoms with Gasteiger partial charge in [-0.25, -0.2) is 0 Å². The summed E-state index contributed by atoms with van der Waals surface area (Å²) in [6.07, 6.45) is 44.2. The molecule has 0 saturated heterocycles. The number of hydrogen-bond donors (Lipinski definition) is 0. The molecule has 86 heavy (non-hydrogen) atoms. The van der Waals surface area contributed by atoms with Gasteiger partial charge in [0.1, 0.15) is 40.7 Å². The molecule has 0 heterocycles. The van der Waals surface area contributed by atoms with Crippen LogP contribution in [0.25, 0.3) is 0 Å². The van der Waals surface area contributed by atoms with E-state index < -0.39 is 23.5 Å². The Labute approximate surface area is 591 Å². The Morgan fingerprint density at radius 3 is 0.721 bits per heavy atom. The van der Waals surface area contributed by atoms with Gasteiger partial charge in [0.25, 0.3) is 0 Å². The molecule has 0 aromatic heterocycles. The van der Waals surface area contributed by atoms with Crippen LogP contribution >= 0.6 is 23.5 Å². The van der Waals surface area contributed by atoms with Crippen molar-refractivity contribution in [1.29, 1.82) is 0 Å². The molecule has 0 aliphatic heterocycles. The minimum absolute atomic E-state index is 0. The van der Waals surface area contributed by atoms with Gasteiger partial charge in [0.2, 0.25) is 0 Å². The third kappa shape index (κ3) is 44.7. The van der Waals surface area contributed by atoms with Gasteiger partial charge in [-0.15, -0.1) is 0 Å². The van der Waals surface area contributed by atoms with Crippen LogP contribution in [-0.4, -0.2) is 0 Å². The quantitative estimate of drug-likeness (QED) is 0.0381. The Balaban J connectivity index is 0. The number of hydrogen-bond acceptors (Lipinski definition) is 12. The summed E-state index contributed by atoms with van der Waals surface area (Å²) in [6.45, 7) is 19.9. The molecule has 17 heteroatoms. The Hall–Kier alpha value is 0.211. The molecule has 0 fully saturated rings. The molecule has 3 atom stereocenters. The number of benzene rings is 3. The smallest absolute Gasteiger partial charge is 0.780 e. The van der Waals surface area contributed by atoms with Gasteiger partial charge in [0, 0.05) is 0 Å². The first-order valence-corrected chi connectivity index (χ1v) is 38.1. The zero-order valence-corrected chi connectivity index (χ0v) is 64.3. The van der Waals surface area contributed by atoms with Crippen molar-refractivity contribution < 1.29 is 138 Å². The average molecular weight is 1520 g/mol. The van der Waals surface area contributed by atoms with Gasteiger partial charge >= 0.3 is 81.7 Å². The van der Waals surface area contributed by atoms with Gasteiger partial charge in [-0.05, 0) is 127 Å². The zero-order valence-electron chi connectivity index (χ0n) is 55.2. The molecule has 0 spiro atoms. The molecule has 0 aliphatic carbocycles. The van der Waals surface area contributed by atoms with Gasteiger partial charge in [-0.2, -0.15) is 0 Å². The minimum Gasteiger partial charge on any atom is -0.780 e. The predicted molar refractivity (Wildman–Crippen MR) is 340 cm³/mol. The molecule has 0 amide bonds. The van der Waals surface area contributed by atoms with Crippen molar-refractivity contribution >= 4 is 23.5 Å². The van der Waals surface area contributed by atoms with Crippen LogP contribution in [0.15, 0.2) is 54.6 Å². The van der Waals surface area contributed by atoms with Crippen molar-refractivity contribution in [2.24, 2.45) is 17.8 Å². The molecule has 3 unspecified atom stereocenters. The second-order valence-electron chi connectivity index (χ2n) is 23.8. The largest absolute Gasteiger partial charge is 3.00 e. The summed E-state index contributed by atoms with van der Waals surface area (Å²) in [5.74, 6) is 2.45. The van der Waals surface area contributed by atoms with Crippen molar-refractivity contribution in [2.45, 2.75) is 313 Å². The second-order valence-corrected chi connectivity index (χ2v) is 27.0. The summed E-state index contributed by atoms with van der Waals surface area (Å²) in [5, 5.41) is 0. The maximum Gasteiger partial charge on any atom is 3.00 e. The SMILES string of the molecule is CCCCCCCCCc1c(CC(CC)CCCC)cccc1OP(=O)([O-])[O-].CCCCCCCCCc1c(CC(CC)CCCC)cccc1OP(=O)([O-])[O-].CCCCCCCCCc1c(CC(CC)CCCC)cccc1OP(=O)([O-])[O-].[Nd+3].[Nd+3]. The fourth-order valence-corrected chi connectivity index (χ4v) is 12.7. The standard InChI is InChI=1S/3C23H41O4P.2Nd/c3*1-4-7-9-10-11-12-13-17-22-21(19-20(6-3)15-8-5-2)16-14-18-23(22)27-28(24,25)26;;/h3*14,16,18,20H,4-13,15,17,19H2,1-3H3,(H2,24,25,26);;/q;;;2*+3/p-6. The molecule has 0 N–H and O–H groups in total. The van der Waals surface area contributed by atoms with E-state index in [-0.39, 0.29) is 98.9 Å². The summed E-state index contributed by atoms with van der Waals surface area (Å²) in [6, 6.07) is 16.5. The molecule has 3 aromatic carbocycles. The third-order valence-electron chi connectivity index (χ3n) is 16.6. The Morgan fingerprint density at radius 2 is 0.523 bits per heavy atom. The van der Waals surface area contributed by atoms with Gasteiger partial charge < -0.3 is 56.6 Å². The van der Waals surface area contributed by atoms with Crippen molar-refractivity contribution in [3.8, 4) is 17.2 Å². The molecule has 3 rings (SSSR count). The molecule has 3 aromatic rings. The number of unbranched alkanes of at least 4 members (excludes halogenated alkanes) is 21. The summed E-state index contributed by atoms with van der Waals surface area (Å²) < 4.78 is 48.1. The number of phosphoric acid groups is 3. The Morgan fingerprint density at radius 1 is 0.314 bits per heavy atom. The van der Waals surface area contributed by atoms with Crippen LogP contribution in [0, 0.1) is 99.4 Å². The van der Waals surface area contributed by atoms with E-state index in [9.17, 15) is 43.1 Å². The van der Waals surface area contributed by atoms with Crippen molar-refractivity contribution in [3.05, 3.63) is 88.0 Å². The van der Waals surface area contributed by atoms with E-state index in [0.717, 1.165) is 130 Å². The molecule has 12 nitrogen and oxygen atoms in total. The van der Waals surface area contributed by atoms with E-state index in [4.69, 9.17) is 13.6 Å². The minimum atomic E-state index is -5.05. The number of rotatable bonds is 48. The predicted octanol–water partition coefficient (Wildman–Crippen LogP) is 17.8. The second kappa shape index (κ2) is 54.6. The van der Waals surface area contributed by atoms with Crippen LogP contribution in [0.1, 0.15) is 308 Å². The Bertz CT molecular complexity index is 2010. The first kappa shape index (κ1) is 88.3. The first-order valence-electron chi connectivity index (χ1n) is 33.7. The van der Waals surface area contributed by atoms with E-state index in [1.165, 1.54) is 154 Å². The Kier molecular flexibility index (Phi) is 56.0. The summed E-state index contributed by atoms with van der Waals surface area (Å²) >= 11 is 0. The van der Waals surface area contributed by atoms with Crippen LogP contribution in [0.3, 0.4) is 0 Å². The topological polar surface area (TPSA) is 217 Å². The fourth-order valence-electron chi connectivity index (χ4n) is 11.4. The summed E-state index contributed by atoms with van der Waals surface area (Å²) in [4.78, 5) is 67.3. The molecule has 0 saturated carbocycles. The maximum absolute atomic E-state index is 11.2. The van der Waals surface area contributed by atoms with Gasteiger partial charge in [-0.1, -0.05) is 291 Å². The van der Waals surface area contributed by atoms with Gasteiger partial charge in [0.05, 0.1) is 0 Å². The molecular weight excluding hydrogens is 1400 g/mol. The summed E-state index contributed by atoms with van der Waals surface area (Å²) in [5.41, 5.74) is 6.16. The van der Waals surface area contributed by atoms with Gasteiger partial charge in [-0.3, -0.25) is 0 Å². The molecule has 0 aliphatic rings. The van der Waals surface area contributed by atoms with E-state index in [1.54, 1.807) is 36.4 Å². The van der Waals surface area contributed by atoms with E-state index >= 15 is 0 Å². The fraction of sp³-hybridized carbons (Fsp3) is 0.739. The summed E-state index contributed by atoms with van der Waals surface area (Å²) in [7, 11) is -15.2.